The number of carboxylic acid groups (broad SMARTS) is 1. The highest BCUT2D eigenvalue weighted by Crippen LogP contribution is 2.36. The van der Waals surface area contributed by atoms with Crippen LogP contribution in [0.5, 0.6) is 0 Å². The Balaban J connectivity index is 2.58. The summed E-state index contributed by atoms with van der Waals surface area (Å²) in [4.78, 5) is 10.5. The van der Waals surface area contributed by atoms with Gasteiger partial charge in [0.1, 0.15) is 0 Å². The van der Waals surface area contributed by atoms with Gasteiger partial charge in [-0.25, -0.2) is 0 Å². The smallest absolute Gasteiger partial charge is 0.303 e. The number of hydrogen-bond acceptors (Lipinski definition) is 4. The fourth-order valence-electron chi connectivity index (χ4n) is 3.65. The van der Waals surface area contributed by atoms with Crippen molar-refractivity contribution in [3.63, 3.8) is 0 Å². The quantitative estimate of drug-likeness (QED) is 0.289. The molecule has 0 aromatic carbocycles. The van der Waals surface area contributed by atoms with Crippen molar-refractivity contribution in [3.8, 4) is 0 Å². The van der Waals surface area contributed by atoms with Crippen molar-refractivity contribution >= 4 is 5.97 Å². The molecule has 0 spiro atoms. The molecule has 0 heterocycles. The van der Waals surface area contributed by atoms with E-state index in [-0.39, 0.29) is 18.3 Å². The molecule has 0 saturated heterocycles. The summed E-state index contributed by atoms with van der Waals surface area (Å²) in [5.41, 5.74) is -0.922. The number of allylic oxidation sites excluding steroid dienone is 2. The molecular weight excluding hydrogens is 344 g/mol. The highest BCUT2D eigenvalue weighted by Gasteiger charge is 2.39. The molecule has 0 amide bonds. The summed E-state index contributed by atoms with van der Waals surface area (Å²) in [5, 5.41) is 39.7. The second-order valence-electron chi connectivity index (χ2n) is 7.65. The number of carboxylic acids is 1. The number of hydrogen-bond donors (Lipinski definition) is 4. The molecule has 5 nitrogen and oxygen atoms in total. The molecule has 1 aliphatic carbocycles. The lowest BCUT2D eigenvalue weighted by molar-refractivity contribution is -0.137. The van der Waals surface area contributed by atoms with E-state index in [1.165, 1.54) is 0 Å². The first-order valence-electron chi connectivity index (χ1n) is 10.1. The molecular formula is C22H36O5. The Labute approximate surface area is 163 Å². The number of aliphatic carboxylic acids is 1. The SMILES string of the molecule is C=CC(O)(CC=C[C@@H]1[C@@H](CC=CCCCC(=O)O)[C@@H](O)C[C@H]1O)CCCC. The topological polar surface area (TPSA) is 98.0 Å². The van der Waals surface area contributed by atoms with E-state index in [0.717, 1.165) is 12.8 Å². The van der Waals surface area contributed by atoms with Crippen molar-refractivity contribution in [3.05, 3.63) is 37.0 Å². The molecule has 0 aliphatic heterocycles. The van der Waals surface area contributed by atoms with Crippen molar-refractivity contribution < 1.29 is 25.2 Å². The normalized spacial score (nSPS) is 28.0. The first-order valence-corrected chi connectivity index (χ1v) is 10.1. The lowest BCUT2D eigenvalue weighted by atomic mass is 9.88. The molecule has 0 bridgehead atoms. The van der Waals surface area contributed by atoms with E-state index in [2.05, 4.69) is 13.5 Å². The number of aliphatic hydroxyl groups is 3. The van der Waals surface area contributed by atoms with Crippen molar-refractivity contribution in [2.45, 2.75) is 82.5 Å². The molecule has 0 radical (unpaired) electrons. The van der Waals surface area contributed by atoms with Crippen LogP contribution in [0.1, 0.15) is 64.7 Å². The van der Waals surface area contributed by atoms with Crippen LogP contribution in [0.15, 0.2) is 37.0 Å². The zero-order valence-electron chi connectivity index (χ0n) is 16.5. The zero-order valence-corrected chi connectivity index (χ0v) is 16.5. The highest BCUT2D eigenvalue weighted by atomic mass is 16.4. The van der Waals surface area contributed by atoms with Crippen molar-refractivity contribution in [1.82, 2.24) is 0 Å². The van der Waals surface area contributed by atoms with Gasteiger partial charge in [0.2, 0.25) is 0 Å². The third kappa shape index (κ3) is 8.41. The van der Waals surface area contributed by atoms with Crippen LogP contribution >= 0.6 is 0 Å². The fourth-order valence-corrected chi connectivity index (χ4v) is 3.65. The maximum Gasteiger partial charge on any atom is 0.303 e. The molecule has 1 saturated carbocycles. The summed E-state index contributed by atoms with van der Waals surface area (Å²) in [6, 6.07) is 0. The van der Waals surface area contributed by atoms with Crippen molar-refractivity contribution in [2.75, 3.05) is 0 Å². The standard InChI is InChI=1S/C22H36O5/c1-3-5-14-22(27,4-2)15-10-12-18-17(19(23)16-20(18)24)11-8-6-7-9-13-21(25)26/h4,6,8,10,12,17-20,23-24,27H,2-3,5,7,9,11,13-16H2,1H3,(H,25,26)/t17-,18-,19+,20-,22?/m1/s1. The van der Waals surface area contributed by atoms with Crippen LogP contribution < -0.4 is 0 Å². The van der Waals surface area contributed by atoms with Crippen LogP contribution in [0.4, 0.5) is 0 Å². The molecule has 154 valence electrons. The van der Waals surface area contributed by atoms with Crippen LogP contribution in [0.25, 0.3) is 0 Å². The average Bonchev–Trinajstić information content (AvgIpc) is 2.89. The summed E-state index contributed by atoms with van der Waals surface area (Å²) in [5.74, 6) is -1.01. The van der Waals surface area contributed by atoms with Crippen LogP contribution in [-0.4, -0.2) is 44.2 Å². The molecule has 4 N–H and O–H groups in total. The second-order valence-corrected chi connectivity index (χ2v) is 7.65. The molecule has 1 unspecified atom stereocenters. The number of aliphatic hydroxyl groups excluding tert-OH is 2. The van der Waals surface area contributed by atoms with Gasteiger partial charge in [0.15, 0.2) is 0 Å². The predicted molar refractivity (Wildman–Crippen MR) is 107 cm³/mol. The van der Waals surface area contributed by atoms with Gasteiger partial charge in [-0.05, 0) is 38.0 Å². The van der Waals surface area contributed by atoms with Crippen LogP contribution in [0.3, 0.4) is 0 Å². The van der Waals surface area contributed by atoms with E-state index < -0.39 is 23.8 Å². The number of carbonyl (C=O) groups is 1. The monoisotopic (exact) mass is 380 g/mol. The molecule has 1 aliphatic rings. The van der Waals surface area contributed by atoms with Gasteiger partial charge >= 0.3 is 5.97 Å². The van der Waals surface area contributed by atoms with Crippen molar-refractivity contribution in [1.29, 1.82) is 0 Å². The molecule has 27 heavy (non-hydrogen) atoms. The molecule has 5 heteroatoms. The number of rotatable bonds is 13. The van der Waals surface area contributed by atoms with Gasteiger partial charge in [-0.1, -0.05) is 50.1 Å². The minimum absolute atomic E-state index is 0.0700. The van der Waals surface area contributed by atoms with Gasteiger partial charge in [0.25, 0.3) is 0 Å². The first-order chi connectivity index (χ1) is 12.8. The fraction of sp³-hybridized carbons (Fsp3) is 0.682. The zero-order chi connectivity index (χ0) is 20.3. The number of unbranched alkanes of at least 4 members (excludes halogenated alkanes) is 2. The third-order valence-corrected chi connectivity index (χ3v) is 5.43. The van der Waals surface area contributed by atoms with Crippen LogP contribution in [0.2, 0.25) is 0 Å². The highest BCUT2D eigenvalue weighted by molar-refractivity contribution is 5.66. The third-order valence-electron chi connectivity index (χ3n) is 5.43. The minimum Gasteiger partial charge on any atom is -0.481 e. The molecule has 0 aromatic rings. The lowest BCUT2D eigenvalue weighted by Crippen LogP contribution is -2.25. The predicted octanol–water partition coefficient (Wildman–Crippen LogP) is 3.60. The lowest BCUT2D eigenvalue weighted by Gasteiger charge is -2.23. The summed E-state index contributed by atoms with van der Waals surface area (Å²) < 4.78 is 0. The van der Waals surface area contributed by atoms with Crippen LogP contribution in [-0.2, 0) is 4.79 Å². The van der Waals surface area contributed by atoms with E-state index in [1.807, 2.05) is 24.3 Å². The van der Waals surface area contributed by atoms with Gasteiger partial charge in [-0.15, -0.1) is 6.58 Å². The molecule has 1 rings (SSSR count). The van der Waals surface area contributed by atoms with Gasteiger partial charge in [-0.2, -0.15) is 0 Å². The molecule has 5 atom stereocenters. The van der Waals surface area contributed by atoms with E-state index >= 15 is 0 Å². The Kier molecular flexibility index (Phi) is 10.6. The molecule has 0 aromatic heterocycles. The van der Waals surface area contributed by atoms with Gasteiger partial charge in [0.05, 0.1) is 17.8 Å². The van der Waals surface area contributed by atoms with Gasteiger partial charge in [0, 0.05) is 18.8 Å². The van der Waals surface area contributed by atoms with Gasteiger partial charge < -0.3 is 20.4 Å². The Hall–Kier alpha value is -1.43. The van der Waals surface area contributed by atoms with E-state index in [4.69, 9.17) is 5.11 Å². The Morgan fingerprint density at radius 1 is 1.19 bits per heavy atom. The van der Waals surface area contributed by atoms with E-state index in [9.17, 15) is 20.1 Å². The van der Waals surface area contributed by atoms with E-state index in [0.29, 0.717) is 38.5 Å². The Morgan fingerprint density at radius 2 is 1.93 bits per heavy atom. The Bertz CT molecular complexity index is 513. The molecule has 1 fully saturated rings. The summed E-state index contributed by atoms with van der Waals surface area (Å²) in [6.45, 7) is 5.81. The summed E-state index contributed by atoms with van der Waals surface area (Å²) in [6.07, 6.45) is 13.7. The average molecular weight is 381 g/mol. The van der Waals surface area contributed by atoms with E-state index in [1.54, 1.807) is 6.08 Å². The maximum atomic E-state index is 10.5. The van der Waals surface area contributed by atoms with Gasteiger partial charge in [-0.3, -0.25) is 4.79 Å². The van der Waals surface area contributed by atoms with Crippen LogP contribution in [0, 0.1) is 11.8 Å². The minimum atomic E-state index is -0.922. The van der Waals surface area contributed by atoms with Crippen molar-refractivity contribution in [2.24, 2.45) is 11.8 Å². The largest absolute Gasteiger partial charge is 0.481 e. The maximum absolute atomic E-state index is 10.5. The summed E-state index contributed by atoms with van der Waals surface area (Å²) >= 11 is 0. The second kappa shape index (κ2) is 12.1. The Morgan fingerprint density at radius 3 is 2.56 bits per heavy atom. The summed E-state index contributed by atoms with van der Waals surface area (Å²) in [7, 11) is 0. The first kappa shape index (κ1) is 23.6.